The molecule has 3 atom stereocenters. The molecule has 1 heterocycles. The van der Waals surface area contributed by atoms with E-state index in [-0.39, 0.29) is 12.2 Å². The van der Waals surface area contributed by atoms with E-state index >= 15 is 0 Å². The van der Waals surface area contributed by atoms with Crippen LogP contribution < -0.4 is 0 Å². The number of aliphatic hydroxyl groups is 1. The van der Waals surface area contributed by atoms with Crippen LogP contribution in [-0.2, 0) is 14.3 Å². The molecule has 0 saturated carbocycles. The molecule has 1 rings (SSSR count). The first-order valence-corrected chi connectivity index (χ1v) is 5.46. The topological polar surface area (TPSA) is 55.8 Å². The summed E-state index contributed by atoms with van der Waals surface area (Å²) >= 11 is 0. The van der Waals surface area contributed by atoms with Gasteiger partial charge in [0.25, 0.3) is 0 Å². The molecule has 3 unspecified atom stereocenters. The van der Waals surface area contributed by atoms with Gasteiger partial charge in [0.2, 0.25) is 0 Å². The van der Waals surface area contributed by atoms with Gasteiger partial charge in [-0.2, -0.15) is 0 Å². The van der Waals surface area contributed by atoms with E-state index in [0.29, 0.717) is 6.42 Å². The molecule has 1 N–H and O–H groups in total. The molecule has 1 aliphatic heterocycles. The summed E-state index contributed by atoms with van der Waals surface area (Å²) in [5, 5.41) is 10.1. The standard InChI is InChI=1S/C11H20O4/c1-7(2)14-10(12)9(4)11(13)6-5-8(3)15-11/h7-9,13H,5-6H2,1-4H3. The lowest BCUT2D eigenvalue weighted by atomic mass is 9.98. The maximum absolute atomic E-state index is 11.6. The highest BCUT2D eigenvalue weighted by molar-refractivity contribution is 5.73. The molecule has 0 aromatic heterocycles. The zero-order chi connectivity index (χ0) is 11.6. The first-order valence-electron chi connectivity index (χ1n) is 5.46. The third kappa shape index (κ3) is 2.92. The Morgan fingerprint density at radius 3 is 2.53 bits per heavy atom. The molecular formula is C11H20O4. The van der Waals surface area contributed by atoms with E-state index in [9.17, 15) is 9.90 Å². The predicted octanol–water partition coefficient (Wildman–Crippen LogP) is 1.46. The Balaban J connectivity index is 2.59. The molecular weight excluding hydrogens is 196 g/mol. The van der Waals surface area contributed by atoms with Gasteiger partial charge in [-0.3, -0.25) is 4.79 Å². The summed E-state index contributed by atoms with van der Waals surface area (Å²) < 4.78 is 10.4. The maximum atomic E-state index is 11.6. The van der Waals surface area contributed by atoms with Gasteiger partial charge in [-0.15, -0.1) is 0 Å². The summed E-state index contributed by atoms with van der Waals surface area (Å²) in [5.41, 5.74) is 0. The van der Waals surface area contributed by atoms with Crippen molar-refractivity contribution in [3.63, 3.8) is 0 Å². The van der Waals surface area contributed by atoms with Crippen LogP contribution >= 0.6 is 0 Å². The number of hydrogen-bond donors (Lipinski definition) is 1. The molecule has 1 saturated heterocycles. The molecule has 15 heavy (non-hydrogen) atoms. The molecule has 4 nitrogen and oxygen atoms in total. The number of ether oxygens (including phenoxy) is 2. The molecule has 0 spiro atoms. The zero-order valence-corrected chi connectivity index (χ0v) is 9.82. The fourth-order valence-electron chi connectivity index (χ4n) is 1.71. The Labute approximate surface area is 90.6 Å². The smallest absolute Gasteiger partial charge is 0.314 e. The van der Waals surface area contributed by atoms with Gasteiger partial charge in [0, 0.05) is 6.42 Å². The number of rotatable bonds is 3. The third-order valence-corrected chi connectivity index (χ3v) is 2.70. The van der Waals surface area contributed by atoms with Crippen LogP contribution in [0.25, 0.3) is 0 Å². The fraction of sp³-hybridized carbons (Fsp3) is 0.909. The SMILES string of the molecule is CC(C)OC(=O)C(C)C1(O)CCC(C)O1. The van der Waals surface area contributed by atoms with Gasteiger partial charge < -0.3 is 14.6 Å². The van der Waals surface area contributed by atoms with E-state index in [0.717, 1.165) is 6.42 Å². The van der Waals surface area contributed by atoms with Crippen LogP contribution in [0.2, 0.25) is 0 Å². The lowest BCUT2D eigenvalue weighted by Gasteiger charge is -2.28. The van der Waals surface area contributed by atoms with Crippen LogP contribution in [0.5, 0.6) is 0 Å². The minimum atomic E-state index is -1.34. The van der Waals surface area contributed by atoms with Crippen molar-refractivity contribution >= 4 is 5.97 Å². The largest absolute Gasteiger partial charge is 0.463 e. The van der Waals surface area contributed by atoms with Crippen molar-refractivity contribution in [2.75, 3.05) is 0 Å². The number of carbonyl (C=O) groups excluding carboxylic acids is 1. The van der Waals surface area contributed by atoms with Crippen LogP contribution in [0.4, 0.5) is 0 Å². The van der Waals surface area contributed by atoms with E-state index in [2.05, 4.69) is 0 Å². The predicted molar refractivity (Wildman–Crippen MR) is 55.1 cm³/mol. The van der Waals surface area contributed by atoms with Crippen molar-refractivity contribution in [3.8, 4) is 0 Å². The van der Waals surface area contributed by atoms with Gasteiger partial charge in [-0.1, -0.05) is 0 Å². The highest BCUT2D eigenvalue weighted by Gasteiger charge is 2.45. The van der Waals surface area contributed by atoms with Crippen molar-refractivity contribution < 1.29 is 19.4 Å². The number of esters is 1. The van der Waals surface area contributed by atoms with Crippen LogP contribution in [0, 0.1) is 5.92 Å². The van der Waals surface area contributed by atoms with Crippen LogP contribution in [0.3, 0.4) is 0 Å². The van der Waals surface area contributed by atoms with E-state index in [4.69, 9.17) is 9.47 Å². The molecule has 0 aliphatic carbocycles. The fourth-order valence-corrected chi connectivity index (χ4v) is 1.71. The van der Waals surface area contributed by atoms with Gasteiger partial charge in [-0.05, 0) is 34.1 Å². The normalized spacial score (nSPS) is 33.1. The minimum Gasteiger partial charge on any atom is -0.463 e. The lowest BCUT2D eigenvalue weighted by molar-refractivity contribution is -0.227. The van der Waals surface area contributed by atoms with Crippen LogP contribution in [-0.4, -0.2) is 29.1 Å². The van der Waals surface area contributed by atoms with Crippen LogP contribution in [0.15, 0.2) is 0 Å². The monoisotopic (exact) mass is 216 g/mol. The molecule has 0 bridgehead atoms. The highest BCUT2D eigenvalue weighted by atomic mass is 16.6. The zero-order valence-electron chi connectivity index (χ0n) is 9.82. The average molecular weight is 216 g/mol. The Hall–Kier alpha value is -0.610. The molecule has 88 valence electrons. The molecule has 1 aliphatic rings. The summed E-state index contributed by atoms with van der Waals surface area (Å²) in [5.74, 6) is -2.38. The van der Waals surface area contributed by atoms with Gasteiger partial charge in [0.15, 0.2) is 5.79 Å². The Morgan fingerprint density at radius 2 is 2.13 bits per heavy atom. The molecule has 0 aromatic carbocycles. The van der Waals surface area contributed by atoms with Crippen molar-refractivity contribution in [1.29, 1.82) is 0 Å². The molecule has 0 amide bonds. The average Bonchev–Trinajstić information content (AvgIpc) is 2.45. The Morgan fingerprint density at radius 1 is 1.53 bits per heavy atom. The second-order valence-electron chi connectivity index (χ2n) is 4.52. The summed E-state index contributed by atoms with van der Waals surface area (Å²) in [7, 11) is 0. The highest BCUT2D eigenvalue weighted by Crippen LogP contribution is 2.34. The van der Waals surface area contributed by atoms with Gasteiger partial charge >= 0.3 is 5.97 Å². The molecule has 0 radical (unpaired) electrons. The quantitative estimate of drug-likeness (QED) is 0.726. The molecule has 0 aromatic rings. The third-order valence-electron chi connectivity index (χ3n) is 2.70. The van der Waals surface area contributed by atoms with E-state index < -0.39 is 17.7 Å². The first-order chi connectivity index (χ1) is 6.85. The summed E-state index contributed by atoms with van der Waals surface area (Å²) in [6.45, 7) is 7.10. The van der Waals surface area contributed by atoms with Crippen molar-refractivity contribution in [3.05, 3.63) is 0 Å². The number of hydrogen-bond acceptors (Lipinski definition) is 4. The maximum Gasteiger partial charge on any atom is 0.314 e. The van der Waals surface area contributed by atoms with Gasteiger partial charge in [0.05, 0.1) is 12.2 Å². The second kappa shape index (κ2) is 4.49. The van der Waals surface area contributed by atoms with Crippen molar-refractivity contribution in [2.24, 2.45) is 5.92 Å². The number of carbonyl (C=O) groups is 1. The molecule has 1 fully saturated rings. The second-order valence-corrected chi connectivity index (χ2v) is 4.52. The summed E-state index contributed by atoms with van der Waals surface area (Å²) in [6.07, 6.45) is 1.10. The van der Waals surface area contributed by atoms with Gasteiger partial charge in [-0.25, -0.2) is 0 Å². The van der Waals surface area contributed by atoms with Crippen LogP contribution in [0.1, 0.15) is 40.5 Å². The van der Waals surface area contributed by atoms with E-state index in [1.165, 1.54) is 0 Å². The Kier molecular flexibility index (Phi) is 3.73. The summed E-state index contributed by atoms with van der Waals surface area (Å²) in [6, 6.07) is 0. The van der Waals surface area contributed by atoms with E-state index in [1.54, 1.807) is 20.8 Å². The van der Waals surface area contributed by atoms with Crippen molar-refractivity contribution in [2.45, 2.75) is 58.5 Å². The van der Waals surface area contributed by atoms with Crippen molar-refractivity contribution in [1.82, 2.24) is 0 Å². The van der Waals surface area contributed by atoms with E-state index in [1.807, 2.05) is 6.92 Å². The molecule has 4 heteroatoms. The minimum absolute atomic E-state index is 0.00398. The van der Waals surface area contributed by atoms with Gasteiger partial charge in [0.1, 0.15) is 5.92 Å². The first kappa shape index (κ1) is 12.5. The summed E-state index contributed by atoms with van der Waals surface area (Å²) in [4.78, 5) is 11.6. The Bertz CT molecular complexity index is 239. The lowest BCUT2D eigenvalue weighted by Crippen LogP contribution is -2.42.